The Morgan fingerprint density at radius 2 is 2.23 bits per heavy atom. The van der Waals surface area contributed by atoms with Gasteiger partial charge in [0.15, 0.2) is 5.82 Å². The van der Waals surface area contributed by atoms with E-state index < -0.39 is 5.91 Å². The monoisotopic (exact) mass is 357 g/mol. The van der Waals surface area contributed by atoms with Crippen LogP contribution in [0.5, 0.6) is 0 Å². The highest BCUT2D eigenvalue weighted by molar-refractivity contribution is 5.90. The van der Waals surface area contributed by atoms with Crippen LogP contribution in [0.4, 0.5) is 5.82 Å². The number of aryl methyl sites for hydroxylation is 1. The Labute approximate surface area is 151 Å². The molecule has 138 valence electrons. The number of hydrogen-bond acceptors (Lipinski definition) is 7. The van der Waals surface area contributed by atoms with E-state index in [1.54, 1.807) is 13.2 Å². The summed E-state index contributed by atoms with van der Waals surface area (Å²) in [5.74, 6) is 0.414. The highest BCUT2D eigenvalue weighted by atomic mass is 16.5. The third-order valence-electron chi connectivity index (χ3n) is 5.12. The van der Waals surface area contributed by atoms with Crippen LogP contribution in [-0.2, 0) is 4.74 Å². The summed E-state index contributed by atoms with van der Waals surface area (Å²) >= 11 is 0. The Balaban J connectivity index is 1.68. The number of fused-ring (bicyclic) bond motifs is 5. The third-order valence-corrected chi connectivity index (χ3v) is 5.12. The molecule has 9 nitrogen and oxygen atoms in total. The zero-order valence-electron chi connectivity index (χ0n) is 15.1. The molecule has 4 heterocycles. The zero-order valence-corrected chi connectivity index (χ0v) is 15.1. The van der Waals surface area contributed by atoms with Crippen molar-refractivity contribution in [3.05, 3.63) is 29.2 Å². The fourth-order valence-corrected chi connectivity index (χ4v) is 3.84. The number of hydrogen-bond donors (Lipinski definition) is 1. The van der Waals surface area contributed by atoms with E-state index in [-0.39, 0.29) is 11.7 Å². The number of nitrogens with zero attached hydrogens (tertiary/aromatic N) is 6. The zero-order chi connectivity index (χ0) is 18.3. The van der Waals surface area contributed by atoms with Crippen LogP contribution in [0.1, 0.15) is 34.3 Å². The molecule has 1 saturated heterocycles. The number of amides is 1. The van der Waals surface area contributed by atoms with Crippen LogP contribution in [0, 0.1) is 6.92 Å². The molecular weight excluding hydrogens is 334 g/mol. The lowest BCUT2D eigenvalue weighted by molar-refractivity contribution is 0.0995. The molecule has 1 atom stereocenters. The van der Waals surface area contributed by atoms with Crippen molar-refractivity contribution in [2.75, 3.05) is 44.8 Å². The first kappa shape index (κ1) is 16.9. The van der Waals surface area contributed by atoms with Crippen LogP contribution >= 0.6 is 0 Å². The molecule has 2 aliphatic heterocycles. The normalized spacial score (nSPS) is 19.0. The molecule has 0 aliphatic carbocycles. The lowest BCUT2D eigenvalue weighted by Crippen LogP contribution is -2.45. The van der Waals surface area contributed by atoms with Gasteiger partial charge in [0.25, 0.3) is 5.91 Å². The Bertz CT molecular complexity index is 835. The first-order chi connectivity index (χ1) is 12.6. The number of pyridine rings is 1. The maximum atomic E-state index is 11.4. The summed E-state index contributed by atoms with van der Waals surface area (Å²) in [6.07, 6.45) is 0.998. The Morgan fingerprint density at radius 3 is 2.96 bits per heavy atom. The van der Waals surface area contributed by atoms with Gasteiger partial charge in [-0.05, 0) is 25.5 Å². The molecular formula is C17H23N7O2. The fourth-order valence-electron chi connectivity index (χ4n) is 3.84. The molecule has 2 aliphatic rings. The lowest BCUT2D eigenvalue weighted by atomic mass is 10.1. The number of nitrogens with two attached hydrogens (primary N) is 1. The molecule has 2 aromatic rings. The second-order valence-electron chi connectivity index (χ2n) is 6.72. The maximum Gasteiger partial charge on any atom is 0.267 e. The topological polar surface area (TPSA) is 102 Å². The second kappa shape index (κ2) is 6.65. The highest BCUT2D eigenvalue weighted by Gasteiger charge is 2.41. The van der Waals surface area contributed by atoms with Crippen LogP contribution in [-0.4, -0.2) is 70.7 Å². The van der Waals surface area contributed by atoms with Crippen molar-refractivity contribution in [1.29, 1.82) is 0 Å². The summed E-state index contributed by atoms with van der Waals surface area (Å²) < 4.78 is 7.06. The van der Waals surface area contributed by atoms with Crippen LogP contribution in [0.15, 0.2) is 12.1 Å². The number of piperazine rings is 1. The van der Waals surface area contributed by atoms with Gasteiger partial charge in [-0.2, -0.15) is 0 Å². The van der Waals surface area contributed by atoms with E-state index in [9.17, 15) is 4.79 Å². The minimum Gasteiger partial charge on any atom is -0.385 e. The fraction of sp³-hybridized carbons (Fsp3) is 0.529. The second-order valence-corrected chi connectivity index (χ2v) is 6.72. The first-order valence-electron chi connectivity index (χ1n) is 8.81. The molecule has 0 radical (unpaired) electrons. The van der Waals surface area contributed by atoms with Gasteiger partial charge >= 0.3 is 0 Å². The third kappa shape index (κ3) is 2.73. The average Bonchev–Trinajstić information content (AvgIpc) is 3.17. The Morgan fingerprint density at radius 1 is 1.38 bits per heavy atom. The number of anilines is 1. The summed E-state index contributed by atoms with van der Waals surface area (Å²) in [5.41, 5.74) is 8.21. The van der Waals surface area contributed by atoms with Crippen LogP contribution in [0.25, 0.3) is 5.69 Å². The molecule has 1 unspecified atom stereocenters. The molecule has 0 aromatic carbocycles. The largest absolute Gasteiger partial charge is 0.385 e. The summed E-state index contributed by atoms with van der Waals surface area (Å²) in [7, 11) is 1.73. The SMILES string of the molecule is COCCCN1CCN2CC1c1c2nnn1-c1ccc(C(N)=O)nc1C. The van der Waals surface area contributed by atoms with E-state index in [1.165, 1.54) is 0 Å². The van der Waals surface area contributed by atoms with Crippen LogP contribution < -0.4 is 10.6 Å². The Hall–Kier alpha value is -2.52. The quantitative estimate of drug-likeness (QED) is 0.741. The molecule has 0 saturated carbocycles. The number of carbonyl (C=O) groups excluding carboxylic acids is 1. The van der Waals surface area contributed by atoms with Gasteiger partial charge in [-0.1, -0.05) is 5.21 Å². The van der Waals surface area contributed by atoms with E-state index in [2.05, 4.69) is 25.1 Å². The number of primary amides is 1. The van der Waals surface area contributed by atoms with E-state index in [4.69, 9.17) is 10.5 Å². The van der Waals surface area contributed by atoms with Crippen molar-refractivity contribution in [3.63, 3.8) is 0 Å². The number of ether oxygens (including phenoxy) is 1. The van der Waals surface area contributed by atoms with Crippen molar-refractivity contribution in [1.82, 2.24) is 24.9 Å². The molecule has 2 N–H and O–H groups in total. The first-order valence-corrected chi connectivity index (χ1v) is 8.81. The molecule has 1 fully saturated rings. The summed E-state index contributed by atoms with van der Waals surface area (Å²) in [6, 6.07) is 3.72. The van der Waals surface area contributed by atoms with E-state index in [1.807, 2.05) is 17.7 Å². The summed E-state index contributed by atoms with van der Waals surface area (Å²) in [6.45, 7) is 6.48. The van der Waals surface area contributed by atoms with Crippen LogP contribution in [0.3, 0.4) is 0 Å². The smallest absolute Gasteiger partial charge is 0.267 e. The standard InChI is InChI=1S/C17H23N7O2/c1-11-13(5-4-12(19-11)16(18)25)24-15-14-10-23(17(15)20-21-24)8-7-22(14)6-3-9-26-2/h4-5,14H,3,6-10H2,1-2H3,(H2,18,25). The van der Waals surface area contributed by atoms with Gasteiger partial charge in [-0.25, -0.2) is 9.67 Å². The Kier molecular flexibility index (Phi) is 4.33. The molecule has 1 amide bonds. The van der Waals surface area contributed by atoms with Crippen molar-refractivity contribution in [3.8, 4) is 5.69 Å². The number of methoxy groups -OCH3 is 1. The van der Waals surface area contributed by atoms with Crippen molar-refractivity contribution in [2.45, 2.75) is 19.4 Å². The lowest BCUT2D eigenvalue weighted by Gasteiger charge is -2.35. The number of carbonyl (C=O) groups is 1. The molecule has 26 heavy (non-hydrogen) atoms. The molecule has 9 heteroatoms. The van der Waals surface area contributed by atoms with Gasteiger partial charge in [0.05, 0.1) is 17.4 Å². The predicted molar refractivity (Wildman–Crippen MR) is 95.4 cm³/mol. The van der Waals surface area contributed by atoms with Gasteiger partial charge in [0, 0.05) is 39.9 Å². The maximum absolute atomic E-state index is 11.4. The predicted octanol–water partition coefficient (Wildman–Crippen LogP) is 0.283. The van der Waals surface area contributed by atoms with Gasteiger partial charge in [0.1, 0.15) is 11.4 Å². The van der Waals surface area contributed by atoms with Gasteiger partial charge in [-0.3, -0.25) is 9.69 Å². The summed E-state index contributed by atoms with van der Waals surface area (Å²) in [5, 5.41) is 8.79. The van der Waals surface area contributed by atoms with Gasteiger partial charge in [0.2, 0.25) is 0 Å². The molecule has 4 rings (SSSR count). The van der Waals surface area contributed by atoms with Gasteiger partial charge in [-0.15, -0.1) is 5.10 Å². The average molecular weight is 357 g/mol. The van der Waals surface area contributed by atoms with Gasteiger partial charge < -0.3 is 15.4 Å². The summed E-state index contributed by atoms with van der Waals surface area (Å²) in [4.78, 5) is 20.4. The molecule has 2 aromatic heterocycles. The number of aromatic nitrogens is 4. The van der Waals surface area contributed by atoms with E-state index in [0.717, 1.165) is 56.4 Å². The van der Waals surface area contributed by atoms with Crippen molar-refractivity contribution in [2.24, 2.45) is 5.73 Å². The van der Waals surface area contributed by atoms with E-state index >= 15 is 0 Å². The minimum absolute atomic E-state index is 0.251. The number of rotatable bonds is 6. The van der Waals surface area contributed by atoms with Crippen molar-refractivity contribution < 1.29 is 9.53 Å². The minimum atomic E-state index is -0.533. The van der Waals surface area contributed by atoms with Crippen LogP contribution in [0.2, 0.25) is 0 Å². The molecule has 2 bridgehead atoms. The highest BCUT2D eigenvalue weighted by Crippen LogP contribution is 2.40. The van der Waals surface area contributed by atoms with Crippen molar-refractivity contribution >= 4 is 11.7 Å². The van der Waals surface area contributed by atoms with E-state index in [0.29, 0.717) is 5.69 Å². The molecule has 0 spiro atoms.